The number of nitriles is 1. The second kappa shape index (κ2) is 5.13. The molecule has 0 spiro atoms. The Bertz CT molecular complexity index is 848. The third-order valence-corrected chi connectivity index (χ3v) is 3.14. The second-order valence-corrected chi connectivity index (χ2v) is 4.37. The minimum atomic E-state index is 0.107. The van der Waals surface area contributed by atoms with E-state index in [1.54, 1.807) is 6.07 Å². The van der Waals surface area contributed by atoms with Crippen LogP contribution >= 0.6 is 0 Å². The molecule has 2 N–H and O–H groups in total. The summed E-state index contributed by atoms with van der Waals surface area (Å²) in [6, 6.07) is 9.27. The highest BCUT2D eigenvalue weighted by Gasteiger charge is 2.18. The lowest BCUT2D eigenvalue weighted by Gasteiger charge is -2.09. The number of aromatic nitrogens is 2. The molecule has 0 saturated heterocycles. The molecule has 6 heteroatoms. The minimum absolute atomic E-state index is 0.107. The first kappa shape index (κ1) is 12.9. The summed E-state index contributed by atoms with van der Waals surface area (Å²) in [5.41, 5.74) is 7.11. The Morgan fingerprint density at radius 3 is 2.90 bits per heavy atom. The minimum Gasteiger partial charge on any atom is -0.442 e. The zero-order chi connectivity index (χ0) is 14.8. The fourth-order valence-electron chi connectivity index (χ4n) is 2.12. The number of nitrogens with zero attached hydrogens (tertiary/aromatic N) is 3. The number of furan rings is 1. The van der Waals surface area contributed by atoms with Gasteiger partial charge in [-0.3, -0.25) is 0 Å². The number of hydrogen-bond acceptors (Lipinski definition) is 6. The number of rotatable bonds is 3. The Kier molecular flexibility index (Phi) is 3.16. The lowest BCUT2D eigenvalue weighted by atomic mass is 10.2. The van der Waals surface area contributed by atoms with E-state index in [9.17, 15) is 5.26 Å². The zero-order valence-electron chi connectivity index (χ0n) is 11.3. The van der Waals surface area contributed by atoms with Crippen LogP contribution in [0.3, 0.4) is 0 Å². The number of anilines is 1. The largest absolute Gasteiger partial charge is 0.442 e. The average Bonchev–Trinajstić information content (AvgIpc) is 2.86. The van der Waals surface area contributed by atoms with E-state index in [0.717, 1.165) is 0 Å². The van der Waals surface area contributed by atoms with E-state index < -0.39 is 0 Å². The molecule has 0 aliphatic carbocycles. The predicted molar refractivity (Wildman–Crippen MR) is 76.8 cm³/mol. The number of fused-ring (bicyclic) bond motifs is 1. The van der Waals surface area contributed by atoms with Crippen LogP contribution in [0.25, 0.3) is 11.0 Å². The highest BCUT2D eigenvalue weighted by molar-refractivity contribution is 5.86. The molecule has 0 aliphatic rings. The highest BCUT2D eigenvalue weighted by Crippen LogP contribution is 2.36. The molecule has 104 valence electrons. The van der Waals surface area contributed by atoms with Crippen molar-refractivity contribution in [2.24, 2.45) is 0 Å². The fourth-order valence-corrected chi connectivity index (χ4v) is 2.12. The van der Waals surface area contributed by atoms with Crippen LogP contribution in [0.2, 0.25) is 0 Å². The molecular weight excluding hydrogens is 268 g/mol. The maximum Gasteiger partial charge on any atom is 0.247 e. The van der Waals surface area contributed by atoms with Crippen LogP contribution in [0, 0.1) is 11.3 Å². The van der Waals surface area contributed by atoms with Gasteiger partial charge in [-0.1, -0.05) is 19.1 Å². The summed E-state index contributed by atoms with van der Waals surface area (Å²) in [7, 11) is 0. The van der Waals surface area contributed by atoms with Crippen LogP contribution in [0.15, 0.2) is 35.0 Å². The van der Waals surface area contributed by atoms with Gasteiger partial charge in [0.05, 0.1) is 10.9 Å². The lowest BCUT2D eigenvalue weighted by molar-refractivity contribution is 0.444. The van der Waals surface area contributed by atoms with Crippen LogP contribution in [-0.2, 0) is 6.42 Å². The number of nitrogens with two attached hydrogens (primary N) is 1. The third-order valence-electron chi connectivity index (χ3n) is 3.14. The van der Waals surface area contributed by atoms with Gasteiger partial charge in [0, 0.05) is 0 Å². The van der Waals surface area contributed by atoms with Crippen molar-refractivity contribution in [3.05, 3.63) is 41.9 Å². The Hall–Kier alpha value is -3.07. The molecule has 6 nitrogen and oxygen atoms in total. The number of benzene rings is 1. The third kappa shape index (κ3) is 2.15. The van der Waals surface area contributed by atoms with Gasteiger partial charge in [0.25, 0.3) is 0 Å². The Balaban J connectivity index is 2.15. The van der Waals surface area contributed by atoms with Crippen molar-refractivity contribution in [3.8, 4) is 17.7 Å². The van der Waals surface area contributed by atoms with Crippen LogP contribution < -0.4 is 10.5 Å². The number of para-hydroxylation sites is 1. The molecule has 0 bridgehead atoms. The molecule has 1 aromatic carbocycles. The van der Waals surface area contributed by atoms with Gasteiger partial charge in [-0.2, -0.15) is 5.26 Å². The van der Waals surface area contributed by atoms with Crippen molar-refractivity contribution in [1.29, 1.82) is 5.26 Å². The van der Waals surface area contributed by atoms with Gasteiger partial charge in [0.1, 0.15) is 23.8 Å². The van der Waals surface area contributed by atoms with Crippen molar-refractivity contribution in [2.45, 2.75) is 13.3 Å². The highest BCUT2D eigenvalue weighted by atomic mass is 16.5. The topological polar surface area (TPSA) is 98.0 Å². The summed E-state index contributed by atoms with van der Waals surface area (Å²) < 4.78 is 11.3. The quantitative estimate of drug-likeness (QED) is 0.791. The maximum atomic E-state index is 9.20. The van der Waals surface area contributed by atoms with Crippen molar-refractivity contribution in [2.75, 3.05) is 5.73 Å². The zero-order valence-corrected chi connectivity index (χ0v) is 11.3. The van der Waals surface area contributed by atoms with E-state index in [0.29, 0.717) is 40.4 Å². The van der Waals surface area contributed by atoms with Gasteiger partial charge in [-0.15, -0.1) is 0 Å². The van der Waals surface area contributed by atoms with E-state index in [4.69, 9.17) is 14.9 Å². The van der Waals surface area contributed by atoms with Crippen molar-refractivity contribution < 1.29 is 9.15 Å². The predicted octanol–water partition coefficient (Wildman–Crippen LogP) is 3.03. The molecule has 0 saturated carbocycles. The summed E-state index contributed by atoms with van der Waals surface area (Å²) in [6.07, 6.45) is 1.96. The molecular formula is C15H12N4O2. The van der Waals surface area contributed by atoms with Crippen molar-refractivity contribution in [1.82, 2.24) is 9.97 Å². The van der Waals surface area contributed by atoms with Crippen molar-refractivity contribution >= 4 is 16.8 Å². The SMILES string of the molecule is CCc1c(N)ncnc1Oc1c(C#N)oc2ccccc12. The molecule has 21 heavy (non-hydrogen) atoms. The van der Waals surface area contributed by atoms with Crippen LogP contribution in [-0.4, -0.2) is 9.97 Å². The summed E-state index contributed by atoms with van der Waals surface area (Å²) in [4.78, 5) is 8.05. The molecule has 2 heterocycles. The smallest absolute Gasteiger partial charge is 0.247 e. The normalized spacial score (nSPS) is 10.5. The molecule has 0 radical (unpaired) electrons. The van der Waals surface area contributed by atoms with E-state index in [2.05, 4.69) is 9.97 Å². The lowest BCUT2D eigenvalue weighted by Crippen LogP contribution is -2.02. The summed E-state index contributed by atoms with van der Waals surface area (Å²) in [5.74, 6) is 1.16. The summed E-state index contributed by atoms with van der Waals surface area (Å²) in [6.45, 7) is 1.93. The molecule has 0 aliphatic heterocycles. The van der Waals surface area contributed by atoms with E-state index in [-0.39, 0.29) is 5.76 Å². The first-order valence-corrected chi connectivity index (χ1v) is 6.43. The first-order chi connectivity index (χ1) is 10.2. The van der Waals surface area contributed by atoms with Crippen molar-refractivity contribution in [3.63, 3.8) is 0 Å². The van der Waals surface area contributed by atoms with Gasteiger partial charge in [0.15, 0.2) is 5.75 Å². The van der Waals surface area contributed by atoms with Gasteiger partial charge in [0.2, 0.25) is 11.6 Å². The molecule has 0 fully saturated rings. The number of nitrogen functional groups attached to an aromatic ring is 1. The fraction of sp³-hybridized carbons (Fsp3) is 0.133. The average molecular weight is 280 g/mol. The Morgan fingerprint density at radius 1 is 1.33 bits per heavy atom. The monoisotopic (exact) mass is 280 g/mol. The first-order valence-electron chi connectivity index (χ1n) is 6.43. The van der Waals surface area contributed by atoms with E-state index >= 15 is 0 Å². The van der Waals surface area contributed by atoms with Gasteiger partial charge < -0.3 is 14.9 Å². The molecule has 0 amide bonds. The summed E-state index contributed by atoms with van der Waals surface area (Å²) >= 11 is 0. The number of ether oxygens (including phenoxy) is 1. The van der Waals surface area contributed by atoms with Gasteiger partial charge >= 0.3 is 0 Å². The van der Waals surface area contributed by atoms with Crippen LogP contribution in [0.4, 0.5) is 5.82 Å². The molecule has 2 aromatic heterocycles. The molecule has 0 atom stereocenters. The van der Waals surface area contributed by atoms with E-state index in [1.165, 1.54) is 6.33 Å². The number of hydrogen-bond donors (Lipinski definition) is 1. The van der Waals surface area contributed by atoms with Crippen LogP contribution in [0.1, 0.15) is 18.2 Å². The Labute approximate surface area is 120 Å². The molecule has 3 rings (SSSR count). The second-order valence-electron chi connectivity index (χ2n) is 4.37. The molecule has 0 unspecified atom stereocenters. The standard InChI is InChI=1S/C15H12N4O2/c1-2-9-14(17)18-8-19-15(9)21-13-10-5-3-4-6-11(10)20-12(13)7-16/h3-6,8H,2H2,1H3,(H2,17,18,19). The maximum absolute atomic E-state index is 9.20. The van der Waals surface area contributed by atoms with Gasteiger partial charge in [-0.05, 0) is 18.6 Å². The van der Waals surface area contributed by atoms with Gasteiger partial charge in [-0.25, -0.2) is 9.97 Å². The molecule has 3 aromatic rings. The van der Waals surface area contributed by atoms with Crippen LogP contribution in [0.5, 0.6) is 11.6 Å². The Morgan fingerprint density at radius 2 is 2.14 bits per heavy atom. The summed E-state index contributed by atoms with van der Waals surface area (Å²) in [5, 5.41) is 9.91. The van der Waals surface area contributed by atoms with E-state index in [1.807, 2.05) is 31.2 Å².